The van der Waals surface area contributed by atoms with E-state index in [1.165, 1.54) is 18.2 Å². The number of amides is 1. The second kappa shape index (κ2) is 5.80. The molecule has 2 unspecified atom stereocenters. The number of carbonyl (C=O) groups is 1. The first-order valence-electron chi connectivity index (χ1n) is 5.95. The SMILES string of the molecule is CC(NC(=O)c1ccc(F)cc1Br)C1CCCO1. The van der Waals surface area contributed by atoms with Gasteiger partial charge in [-0.25, -0.2) is 4.39 Å². The molecule has 2 rings (SSSR count). The molecule has 0 bridgehead atoms. The van der Waals surface area contributed by atoms with Crippen LogP contribution >= 0.6 is 15.9 Å². The molecule has 1 heterocycles. The van der Waals surface area contributed by atoms with Crippen molar-refractivity contribution in [3.8, 4) is 0 Å². The van der Waals surface area contributed by atoms with E-state index in [0.29, 0.717) is 10.0 Å². The Hall–Kier alpha value is -0.940. The van der Waals surface area contributed by atoms with Gasteiger partial charge in [-0.2, -0.15) is 0 Å². The smallest absolute Gasteiger partial charge is 0.252 e. The van der Waals surface area contributed by atoms with Crippen molar-refractivity contribution in [3.05, 3.63) is 34.1 Å². The normalized spacial score (nSPS) is 20.7. The molecule has 18 heavy (non-hydrogen) atoms. The predicted octanol–water partition coefficient (Wildman–Crippen LogP) is 2.89. The molecule has 5 heteroatoms. The Morgan fingerprint density at radius 2 is 2.39 bits per heavy atom. The van der Waals surface area contributed by atoms with E-state index in [9.17, 15) is 9.18 Å². The van der Waals surface area contributed by atoms with Crippen molar-refractivity contribution in [1.29, 1.82) is 0 Å². The van der Waals surface area contributed by atoms with E-state index in [4.69, 9.17) is 4.74 Å². The molecule has 0 radical (unpaired) electrons. The summed E-state index contributed by atoms with van der Waals surface area (Å²) in [5.74, 6) is -0.588. The van der Waals surface area contributed by atoms with E-state index >= 15 is 0 Å². The van der Waals surface area contributed by atoms with E-state index in [2.05, 4.69) is 21.2 Å². The van der Waals surface area contributed by atoms with E-state index < -0.39 is 0 Å². The van der Waals surface area contributed by atoms with E-state index in [0.717, 1.165) is 19.4 Å². The third kappa shape index (κ3) is 3.09. The van der Waals surface area contributed by atoms with Crippen molar-refractivity contribution < 1.29 is 13.9 Å². The molecule has 1 N–H and O–H groups in total. The van der Waals surface area contributed by atoms with Crippen molar-refractivity contribution in [3.63, 3.8) is 0 Å². The standard InChI is InChI=1S/C13H15BrFNO2/c1-8(12-3-2-6-18-12)16-13(17)10-5-4-9(15)7-11(10)14/h4-5,7-8,12H,2-3,6H2,1H3,(H,16,17). The molecule has 1 aliphatic heterocycles. The van der Waals surface area contributed by atoms with Crippen LogP contribution in [0.15, 0.2) is 22.7 Å². The lowest BCUT2D eigenvalue weighted by Gasteiger charge is -2.20. The molecule has 98 valence electrons. The summed E-state index contributed by atoms with van der Waals surface area (Å²) in [6.45, 7) is 2.68. The first-order valence-corrected chi connectivity index (χ1v) is 6.75. The van der Waals surface area contributed by atoms with Crippen LogP contribution in [0.1, 0.15) is 30.1 Å². The van der Waals surface area contributed by atoms with Gasteiger partial charge in [0.1, 0.15) is 5.82 Å². The van der Waals surface area contributed by atoms with Gasteiger partial charge in [0.2, 0.25) is 0 Å². The molecule has 1 aromatic carbocycles. The maximum atomic E-state index is 12.9. The average molecular weight is 316 g/mol. The summed E-state index contributed by atoms with van der Waals surface area (Å²) in [4.78, 5) is 12.0. The zero-order valence-corrected chi connectivity index (χ0v) is 11.7. The molecular weight excluding hydrogens is 301 g/mol. The first-order chi connectivity index (χ1) is 8.58. The number of halogens is 2. The Kier molecular flexibility index (Phi) is 4.35. The molecule has 1 aliphatic rings. The fraction of sp³-hybridized carbons (Fsp3) is 0.462. The topological polar surface area (TPSA) is 38.3 Å². The summed E-state index contributed by atoms with van der Waals surface area (Å²) < 4.78 is 18.9. The Labute approximate surface area is 114 Å². The van der Waals surface area contributed by atoms with Crippen molar-refractivity contribution in [2.75, 3.05) is 6.61 Å². The van der Waals surface area contributed by atoms with Crippen LogP contribution in [-0.4, -0.2) is 24.7 Å². The highest BCUT2D eigenvalue weighted by atomic mass is 79.9. The number of hydrogen-bond donors (Lipinski definition) is 1. The first kappa shape index (κ1) is 13.5. The van der Waals surface area contributed by atoms with Crippen LogP contribution in [0.2, 0.25) is 0 Å². The van der Waals surface area contributed by atoms with Gasteiger partial charge >= 0.3 is 0 Å². The summed E-state index contributed by atoms with van der Waals surface area (Å²) in [6.07, 6.45) is 2.07. The second-order valence-corrected chi connectivity index (χ2v) is 5.29. The van der Waals surface area contributed by atoms with Crippen LogP contribution in [0.5, 0.6) is 0 Å². The number of benzene rings is 1. The van der Waals surface area contributed by atoms with E-state index in [-0.39, 0.29) is 23.9 Å². The van der Waals surface area contributed by atoms with Gasteiger partial charge < -0.3 is 10.1 Å². The highest BCUT2D eigenvalue weighted by molar-refractivity contribution is 9.10. The lowest BCUT2D eigenvalue weighted by molar-refractivity contribution is 0.0712. The fourth-order valence-electron chi connectivity index (χ4n) is 2.05. The van der Waals surface area contributed by atoms with Gasteiger partial charge in [-0.1, -0.05) is 0 Å². The van der Waals surface area contributed by atoms with Crippen LogP contribution in [0.25, 0.3) is 0 Å². The van der Waals surface area contributed by atoms with Gasteiger partial charge in [-0.15, -0.1) is 0 Å². The Balaban J connectivity index is 2.02. The average Bonchev–Trinajstić information content (AvgIpc) is 2.81. The summed E-state index contributed by atoms with van der Waals surface area (Å²) in [5.41, 5.74) is 0.432. The zero-order chi connectivity index (χ0) is 13.1. The molecule has 0 spiro atoms. The Bertz CT molecular complexity index is 447. The largest absolute Gasteiger partial charge is 0.376 e. The van der Waals surface area contributed by atoms with Crippen LogP contribution in [-0.2, 0) is 4.74 Å². The Morgan fingerprint density at radius 1 is 1.61 bits per heavy atom. The third-order valence-corrected chi connectivity index (χ3v) is 3.71. The lowest BCUT2D eigenvalue weighted by atomic mass is 10.1. The maximum Gasteiger partial charge on any atom is 0.252 e. The van der Waals surface area contributed by atoms with Gasteiger partial charge in [0.25, 0.3) is 5.91 Å². The van der Waals surface area contributed by atoms with Gasteiger partial charge in [0.15, 0.2) is 0 Å². The summed E-state index contributed by atoms with van der Waals surface area (Å²) in [7, 11) is 0. The van der Waals surface area contributed by atoms with Crippen LogP contribution in [0.4, 0.5) is 4.39 Å². The van der Waals surface area contributed by atoms with E-state index in [1.807, 2.05) is 6.92 Å². The van der Waals surface area contributed by atoms with Crippen molar-refractivity contribution in [2.45, 2.75) is 31.9 Å². The summed E-state index contributed by atoms with van der Waals surface area (Å²) in [6, 6.07) is 3.98. The monoisotopic (exact) mass is 315 g/mol. The van der Waals surface area contributed by atoms with Crippen LogP contribution < -0.4 is 5.32 Å². The molecule has 3 nitrogen and oxygen atoms in total. The molecule has 2 atom stereocenters. The highest BCUT2D eigenvalue weighted by Gasteiger charge is 2.24. The Morgan fingerprint density at radius 3 is 3.00 bits per heavy atom. The molecule has 1 saturated heterocycles. The van der Waals surface area contributed by atoms with Gasteiger partial charge in [0, 0.05) is 11.1 Å². The molecule has 1 aromatic rings. The predicted molar refractivity (Wildman–Crippen MR) is 70.0 cm³/mol. The minimum Gasteiger partial charge on any atom is -0.376 e. The summed E-state index contributed by atoms with van der Waals surface area (Å²) in [5, 5.41) is 2.88. The summed E-state index contributed by atoms with van der Waals surface area (Å²) >= 11 is 3.19. The van der Waals surface area contributed by atoms with Crippen LogP contribution in [0.3, 0.4) is 0 Å². The maximum absolute atomic E-state index is 12.9. The number of ether oxygens (including phenoxy) is 1. The van der Waals surface area contributed by atoms with Crippen molar-refractivity contribution >= 4 is 21.8 Å². The fourth-order valence-corrected chi connectivity index (χ4v) is 2.58. The third-order valence-electron chi connectivity index (χ3n) is 3.06. The molecule has 1 fully saturated rings. The second-order valence-electron chi connectivity index (χ2n) is 4.44. The van der Waals surface area contributed by atoms with Gasteiger partial charge in [0.05, 0.1) is 17.7 Å². The number of carbonyl (C=O) groups excluding carboxylic acids is 1. The molecule has 0 aliphatic carbocycles. The van der Waals surface area contributed by atoms with E-state index in [1.54, 1.807) is 0 Å². The minimum atomic E-state index is -0.370. The molecule has 0 aromatic heterocycles. The quantitative estimate of drug-likeness (QED) is 0.931. The zero-order valence-electron chi connectivity index (χ0n) is 10.1. The molecule has 1 amide bonds. The van der Waals surface area contributed by atoms with Crippen LogP contribution in [0, 0.1) is 5.82 Å². The van der Waals surface area contributed by atoms with Crippen molar-refractivity contribution in [1.82, 2.24) is 5.32 Å². The number of hydrogen-bond acceptors (Lipinski definition) is 2. The molecular formula is C13H15BrFNO2. The van der Waals surface area contributed by atoms with Crippen molar-refractivity contribution in [2.24, 2.45) is 0 Å². The van der Waals surface area contributed by atoms with Gasteiger partial charge in [-0.3, -0.25) is 4.79 Å². The highest BCUT2D eigenvalue weighted by Crippen LogP contribution is 2.19. The van der Waals surface area contributed by atoms with Gasteiger partial charge in [-0.05, 0) is 53.9 Å². The lowest BCUT2D eigenvalue weighted by Crippen LogP contribution is -2.40. The minimum absolute atomic E-state index is 0.0445. The molecule has 0 saturated carbocycles. The number of rotatable bonds is 3. The number of nitrogens with one attached hydrogen (secondary N) is 1.